The first-order valence-electron chi connectivity index (χ1n) is 9.89. The normalized spacial score (nSPS) is 22.0. The van der Waals surface area contributed by atoms with E-state index in [1.165, 1.54) is 0 Å². The number of hydrogen-bond acceptors (Lipinski definition) is 6. The summed E-state index contributed by atoms with van der Waals surface area (Å²) in [4.78, 5) is 18.5. The SMILES string of the molecule is CC(=O)[O-].CC1(C)C(N=Cc2ccccc2O)CC[C@@]1(C)N=Cc1ccccc1O.[Mn]. The zero-order valence-electron chi connectivity index (χ0n) is 18.2. The molecule has 0 aromatic heterocycles. The maximum Gasteiger partial charge on any atom is 0.124 e. The average Bonchev–Trinajstić information content (AvgIpc) is 2.89. The summed E-state index contributed by atoms with van der Waals surface area (Å²) < 4.78 is 0. The van der Waals surface area contributed by atoms with Gasteiger partial charge in [0, 0.05) is 52.0 Å². The van der Waals surface area contributed by atoms with E-state index in [0.717, 1.165) is 30.9 Å². The molecule has 1 radical (unpaired) electrons. The van der Waals surface area contributed by atoms with Crippen molar-refractivity contribution in [1.82, 2.24) is 0 Å². The summed E-state index contributed by atoms with van der Waals surface area (Å²) in [5.41, 5.74) is 1.05. The van der Waals surface area contributed by atoms with Crippen LogP contribution in [0.4, 0.5) is 0 Å². The first kappa shape index (κ1) is 26.4. The van der Waals surface area contributed by atoms with Crippen LogP contribution in [0, 0.1) is 5.41 Å². The summed E-state index contributed by atoms with van der Waals surface area (Å²) >= 11 is 0. The summed E-state index contributed by atoms with van der Waals surface area (Å²) in [6.07, 6.45) is 5.39. The van der Waals surface area contributed by atoms with Gasteiger partial charge in [0.05, 0.1) is 11.6 Å². The summed E-state index contributed by atoms with van der Waals surface area (Å²) in [6, 6.07) is 14.6. The molecule has 1 unspecified atom stereocenters. The Labute approximate surface area is 194 Å². The maximum atomic E-state index is 9.95. The van der Waals surface area contributed by atoms with Crippen molar-refractivity contribution in [2.45, 2.75) is 52.1 Å². The third-order valence-corrected chi connectivity index (χ3v) is 5.88. The fraction of sp³-hybridized carbons (Fsp3) is 0.375. The van der Waals surface area contributed by atoms with Gasteiger partial charge in [-0.15, -0.1) is 0 Å². The number of carbonyl (C=O) groups excluding carboxylic acids is 1. The number of phenols is 2. The van der Waals surface area contributed by atoms with E-state index in [-0.39, 0.29) is 45.6 Å². The molecular formula is C24H29MnN2O4-. The minimum atomic E-state index is -1.08. The minimum Gasteiger partial charge on any atom is -0.550 e. The maximum absolute atomic E-state index is 9.95. The molecular weight excluding hydrogens is 435 g/mol. The Morgan fingerprint density at radius 3 is 1.94 bits per heavy atom. The van der Waals surface area contributed by atoms with Crippen LogP contribution >= 0.6 is 0 Å². The predicted octanol–water partition coefficient (Wildman–Crippen LogP) is 3.34. The van der Waals surface area contributed by atoms with Gasteiger partial charge in [-0.25, -0.2) is 0 Å². The van der Waals surface area contributed by atoms with Gasteiger partial charge in [-0.3, -0.25) is 9.98 Å². The third kappa shape index (κ3) is 6.68. The first-order valence-corrected chi connectivity index (χ1v) is 9.89. The Morgan fingerprint density at radius 2 is 1.45 bits per heavy atom. The molecule has 0 amide bonds. The third-order valence-electron chi connectivity index (χ3n) is 5.88. The number of aromatic hydroxyl groups is 2. The van der Waals surface area contributed by atoms with E-state index in [1.54, 1.807) is 36.7 Å². The Hall–Kier alpha value is -2.63. The van der Waals surface area contributed by atoms with Crippen molar-refractivity contribution in [3.63, 3.8) is 0 Å². The second-order valence-corrected chi connectivity index (χ2v) is 8.20. The van der Waals surface area contributed by atoms with Crippen LogP contribution in [-0.4, -0.2) is 40.2 Å². The van der Waals surface area contributed by atoms with E-state index < -0.39 is 5.97 Å². The number of nitrogens with zero attached hydrogens (tertiary/aromatic N) is 2. The molecule has 0 bridgehead atoms. The predicted molar refractivity (Wildman–Crippen MR) is 117 cm³/mol. The Bertz CT molecular complexity index is 939. The van der Waals surface area contributed by atoms with E-state index in [0.29, 0.717) is 0 Å². The van der Waals surface area contributed by atoms with Crippen LogP contribution in [0.5, 0.6) is 11.5 Å². The molecule has 2 aromatic carbocycles. The van der Waals surface area contributed by atoms with Crippen LogP contribution < -0.4 is 5.11 Å². The molecule has 6 nitrogen and oxygen atoms in total. The Morgan fingerprint density at radius 1 is 1.00 bits per heavy atom. The van der Waals surface area contributed by atoms with Gasteiger partial charge < -0.3 is 20.1 Å². The van der Waals surface area contributed by atoms with Gasteiger partial charge in [-0.1, -0.05) is 38.1 Å². The number of carboxylic acids is 1. The van der Waals surface area contributed by atoms with Crippen molar-refractivity contribution >= 4 is 18.4 Å². The molecule has 2 N–H and O–H groups in total. The van der Waals surface area contributed by atoms with Crippen molar-refractivity contribution in [2.24, 2.45) is 15.4 Å². The monoisotopic (exact) mass is 464 g/mol. The summed E-state index contributed by atoms with van der Waals surface area (Å²) in [7, 11) is 0. The molecule has 7 heteroatoms. The second-order valence-electron chi connectivity index (χ2n) is 8.20. The summed E-state index contributed by atoms with van der Waals surface area (Å²) in [5.74, 6) is -0.600. The fourth-order valence-corrected chi connectivity index (χ4v) is 3.53. The van der Waals surface area contributed by atoms with E-state index >= 15 is 0 Å². The van der Waals surface area contributed by atoms with Gasteiger partial charge in [-0.05, 0) is 51.0 Å². The Kier molecular flexibility index (Phi) is 9.47. The second kappa shape index (κ2) is 11.1. The molecule has 0 aliphatic heterocycles. The number of carboxylic acid groups (broad SMARTS) is 1. The molecule has 1 fully saturated rings. The van der Waals surface area contributed by atoms with Crippen molar-refractivity contribution in [2.75, 3.05) is 0 Å². The van der Waals surface area contributed by atoms with Gasteiger partial charge >= 0.3 is 0 Å². The zero-order chi connectivity index (χ0) is 22.4. The summed E-state index contributed by atoms with van der Waals surface area (Å²) in [5, 5.41) is 28.8. The van der Waals surface area contributed by atoms with Crippen LogP contribution in [0.3, 0.4) is 0 Å². The van der Waals surface area contributed by atoms with Crippen molar-refractivity contribution in [1.29, 1.82) is 0 Å². The van der Waals surface area contributed by atoms with Crippen molar-refractivity contribution < 1.29 is 37.2 Å². The molecule has 0 heterocycles. The van der Waals surface area contributed by atoms with Crippen molar-refractivity contribution in [3.05, 3.63) is 59.7 Å². The molecule has 2 atom stereocenters. The van der Waals surface area contributed by atoms with Gasteiger partial charge in [0.15, 0.2) is 0 Å². The van der Waals surface area contributed by atoms with Crippen LogP contribution in [0.15, 0.2) is 58.5 Å². The van der Waals surface area contributed by atoms with E-state index in [1.807, 2.05) is 24.3 Å². The quantitative estimate of drug-likeness (QED) is 0.535. The standard InChI is InChI=1S/C22H26N2O2.C2H4O2.Mn/c1-21(2)20(23-14-16-8-4-6-10-18(16)25)12-13-22(21,3)24-15-17-9-5-7-11-19(17)26;1-2(3)4;/h4-11,14-15,20,25-26H,12-13H2,1-3H3;1H3,(H,3,4);/p-1/t20?,22-;;/m1../s1. The van der Waals surface area contributed by atoms with E-state index in [2.05, 4.69) is 20.8 Å². The van der Waals surface area contributed by atoms with Gasteiger partial charge in [0.2, 0.25) is 0 Å². The Balaban J connectivity index is 0.000000885. The molecule has 167 valence electrons. The number of phenolic OH excluding ortho intramolecular Hbond substituents is 2. The van der Waals surface area contributed by atoms with Crippen LogP contribution in [0.2, 0.25) is 0 Å². The van der Waals surface area contributed by atoms with Crippen LogP contribution in [0.1, 0.15) is 51.7 Å². The number of hydrogen-bond donors (Lipinski definition) is 2. The number of benzene rings is 2. The molecule has 0 saturated heterocycles. The molecule has 1 aliphatic rings. The number of aliphatic imine (C=N–C) groups is 2. The van der Waals surface area contributed by atoms with E-state index in [9.17, 15) is 10.2 Å². The van der Waals surface area contributed by atoms with Crippen molar-refractivity contribution in [3.8, 4) is 11.5 Å². The smallest absolute Gasteiger partial charge is 0.124 e. The number of rotatable bonds is 4. The first-order chi connectivity index (χ1) is 14.1. The molecule has 3 rings (SSSR count). The molecule has 1 saturated carbocycles. The molecule has 1 aliphatic carbocycles. The van der Waals surface area contributed by atoms with Crippen LogP contribution in [0.25, 0.3) is 0 Å². The zero-order valence-corrected chi connectivity index (χ0v) is 19.4. The number of aliphatic carboxylic acids is 1. The van der Waals surface area contributed by atoms with Gasteiger partial charge in [-0.2, -0.15) is 0 Å². The molecule has 2 aromatic rings. The number of carbonyl (C=O) groups is 1. The van der Waals surface area contributed by atoms with Gasteiger partial charge in [0.1, 0.15) is 11.5 Å². The molecule has 0 spiro atoms. The molecule has 31 heavy (non-hydrogen) atoms. The average molecular weight is 464 g/mol. The van der Waals surface area contributed by atoms with Crippen LogP contribution in [-0.2, 0) is 21.9 Å². The topological polar surface area (TPSA) is 105 Å². The minimum absolute atomic E-state index is 0. The largest absolute Gasteiger partial charge is 0.550 e. The van der Waals surface area contributed by atoms with Gasteiger partial charge in [0.25, 0.3) is 0 Å². The van der Waals surface area contributed by atoms with E-state index in [4.69, 9.17) is 19.9 Å². The summed E-state index contributed by atoms with van der Waals surface area (Å²) in [6.45, 7) is 7.50. The number of para-hydroxylation sites is 2. The fourth-order valence-electron chi connectivity index (χ4n) is 3.53.